The first-order valence-corrected chi connectivity index (χ1v) is 4.07. The zero-order valence-corrected chi connectivity index (χ0v) is 7.10. The van der Waals surface area contributed by atoms with Crippen LogP contribution in [0.1, 0.15) is 26.2 Å². The molecule has 5 nitrogen and oxygen atoms in total. The standard InChI is InChI=1S/C7H12N4O/c1-6(12)11-5-3-2-4-7(11)9-10-8/h7H,2-5H2,1H3. The van der Waals surface area contributed by atoms with Gasteiger partial charge in [0.2, 0.25) is 5.91 Å². The number of carbonyl (C=O) groups excluding carboxylic acids is 1. The molecule has 1 aliphatic heterocycles. The summed E-state index contributed by atoms with van der Waals surface area (Å²) in [5.74, 6) is -0.00731. The Bertz CT molecular complexity index is 211. The smallest absolute Gasteiger partial charge is 0.219 e. The van der Waals surface area contributed by atoms with Crippen LogP contribution in [0.25, 0.3) is 10.4 Å². The van der Waals surface area contributed by atoms with E-state index in [1.807, 2.05) is 0 Å². The number of amides is 1. The molecular formula is C7H12N4O. The molecule has 1 saturated heterocycles. The van der Waals surface area contributed by atoms with Gasteiger partial charge >= 0.3 is 0 Å². The van der Waals surface area contributed by atoms with Crippen molar-refractivity contribution in [1.82, 2.24) is 4.90 Å². The predicted octanol–water partition coefficient (Wildman–Crippen LogP) is 1.66. The van der Waals surface area contributed by atoms with E-state index in [4.69, 9.17) is 5.53 Å². The van der Waals surface area contributed by atoms with Crippen LogP contribution >= 0.6 is 0 Å². The SMILES string of the molecule is CC(=O)N1CCCCC1N=[N+]=[N-]. The van der Waals surface area contributed by atoms with Gasteiger partial charge in [0.15, 0.2) is 0 Å². The predicted molar refractivity (Wildman–Crippen MR) is 44.2 cm³/mol. The maximum Gasteiger partial charge on any atom is 0.219 e. The van der Waals surface area contributed by atoms with E-state index in [0.717, 1.165) is 25.8 Å². The first-order valence-electron chi connectivity index (χ1n) is 4.07. The van der Waals surface area contributed by atoms with Crippen LogP contribution in [0.3, 0.4) is 0 Å². The number of carbonyl (C=O) groups is 1. The molecule has 66 valence electrons. The lowest BCUT2D eigenvalue weighted by atomic mass is 10.1. The van der Waals surface area contributed by atoms with E-state index in [0.29, 0.717) is 0 Å². The van der Waals surface area contributed by atoms with Gasteiger partial charge in [-0.2, -0.15) is 0 Å². The Morgan fingerprint density at radius 1 is 1.67 bits per heavy atom. The average molecular weight is 168 g/mol. The number of nitrogens with zero attached hydrogens (tertiary/aromatic N) is 4. The maximum atomic E-state index is 11.0. The summed E-state index contributed by atoms with van der Waals surface area (Å²) in [6.45, 7) is 2.23. The van der Waals surface area contributed by atoms with Gasteiger partial charge in [-0.3, -0.25) is 4.79 Å². The van der Waals surface area contributed by atoms with Crippen LogP contribution in [0, 0.1) is 0 Å². The Morgan fingerprint density at radius 3 is 3.00 bits per heavy atom. The molecule has 1 atom stereocenters. The second kappa shape index (κ2) is 3.97. The van der Waals surface area contributed by atoms with Crippen LogP contribution in [0.4, 0.5) is 0 Å². The molecule has 0 radical (unpaired) electrons. The van der Waals surface area contributed by atoms with Gasteiger partial charge in [0.1, 0.15) is 6.17 Å². The van der Waals surface area contributed by atoms with Gasteiger partial charge in [-0.1, -0.05) is 5.11 Å². The maximum absolute atomic E-state index is 11.0. The van der Waals surface area contributed by atoms with Crippen LogP contribution in [0.5, 0.6) is 0 Å². The van der Waals surface area contributed by atoms with Crippen LogP contribution < -0.4 is 0 Å². The lowest BCUT2D eigenvalue weighted by molar-refractivity contribution is -0.132. The molecule has 1 unspecified atom stereocenters. The molecular weight excluding hydrogens is 156 g/mol. The second-order valence-corrected chi connectivity index (χ2v) is 2.89. The monoisotopic (exact) mass is 168 g/mol. The van der Waals surface area contributed by atoms with Crippen molar-refractivity contribution in [2.24, 2.45) is 5.11 Å². The molecule has 0 bridgehead atoms. The third kappa shape index (κ3) is 1.89. The van der Waals surface area contributed by atoms with Crippen LogP contribution in [-0.4, -0.2) is 23.5 Å². The van der Waals surface area contributed by atoms with Crippen molar-refractivity contribution >= 4 is 5.91 Å². The normalized spacial score (nSPS) is 23.1. The summed E-state index contributed by atoms with van der Waals surface area (Å²) < 4.78 is 0. The highest BCUT2D eigenvalue weighted by Gasteiger charge is 2.22. The first-order chi connectivity index (χ1) is 5.75. The van der Waals surface area contributed by atoms with Gasteiger partial charge in [0, 0.05) is 18.4 Å². The molecule has 1 amide bonds. The van der Waals surface area contributed by atoms with Crippen LogP contribution in [0.15, 0.2) is 5.11 Å². The van der Waals surface area contributed by atoms with Gasteiger partial charge in [-0.15, -0.1) is 0 Å². The first kappa shape index (κ1) is 8.87. The van der Waals surface area contributed by atoms with Crippen LogP contribution in [0.2, 0.25) is 0 Å². The Kier molecular flexibility index (Phi) is 2.94. The van der Waals surface area contributed by atoms with E-state index in [1.165, 1.54) is 6.92 Å². The topological polar surface area (TPSA) is 69.1 Å². The molecule has 12 heavy (non-hydrogen) atoms. The minimum Gasteiger partial charge on any atom is -0.334 e. The number of piperidine rings is 1. The van der Waals surface area contributed by atoms with Gasteiger partial charge in [-0.25, -0.2) is 0 Å². The van der Waals surface area contributed by atoms with Gasteiger partial charge < -0.3 is 4.90 Å². The third-order valence-electron chi connectivity index (χ3n) is 2.06. The Labute approximate surface area is 71.0 Å². The Hall–Kier alpha value is -1.22. The highest BCUT2D eigenvalue weighted by atomic mass is 16.2. The van der Waals surface area contributed by atoms with E-state index < -0.39 is 0 Å². The summed E-state index contributed by atoms with van der Waals surface area (Å²) in [5, 5.41) is 3.57. The molecule has 5 heteroatoms. The number of hydrogen-bond acceptors (Lipinski definition) is 2. The number of hydrogen-bond donors (Lipinski definition) is 0. The lowest BCUT2D eigenvalue weighted by Crippen LogP contribution is -2.41. The minimum absolute atomic E-state index is 0.00731. The summed E-state index contributed by atoms with van der Waals surface area (Å²) in [5.41, 5.74) is 8.24. The molecule has 0 aromatic carbocycles. The largest absolute Gasteiger partial charge is 0.334 e. The molecule has 0 N–H and O–H groups in total. The Morgan fingerprint density at radius 2 is 2.42 bits per heavy atom. The number of azide groups is 1. The summed E-state index contributed by atoms with van der Waals surface area (Å²) >= 11 is 0. The quantitative estimate of drug-likeness (QED) is 0.333. The van der Waals surface area contributed by atoms with Crippen molar-refractivity contribution in [2.75, 3.05) is 6.54 Å². The molecule has 1 rings (SSSR count). The second-order valence-electron chi connectivity index (χ2n) is 2.89. The zero-order chi connectivity index (χ0) is 8.97. The van der Waals surface area contributed by atoms with Gasteiger partial charge in [0.05, 0.1) is 0 Å². The number of rotatable bonds is 1. The summed E-state index contributed by atoms with van der Waals surface area (Å²) in [6, 6.07) is 0. The van der Waals surface area contributed by atoms with E-state index >= 15 is 0 Å². The number of likely N-dealkylation sites (tertiary alicyclic amines) is 1. The fourth-order valence-corrected chi connectivity index (χ4v) is 1.46. The lowest BCUT2D eigenvalue weighted by Gasteiger charge is -2.31. The van der Waals surface area contributed by atoms with E-state index in [-0.39, 0.29) is 12.1 Å². The average Bonchev–Trinajstić information content (AvgIpc) is 2.05. The zero-order valence-electron chi connectivity index (χ0n) is 7.10. The van der Waals surface area contributed by atoms with Crippen molar-refractivity contribution in [3.05, 3.63) is 10.4 Å². The van der Waals surface area contributed by atoms with Crippen molar-refractivity contribution in [2.45, 2.75) is 32.4 Å². The molecule has 1 aliphatic rings. The summed E-state index contributed by atoms with van der Waals surface area (Å²) in [6.07, 6.45) is 2.59. The summed E-state index contributed by atoms with van der Waals surface area (Å²) in [4.78, 5) is 15.4. The molecule has 0 aromatic heterocycles. The van der Waals surface area contributed by atoms with Crippen molar-refractivity contribution in [3.63, 3.8) is 0 Å². The molecule has 1 heterocycles. The van der Waals surface area contributed by atoms with Gasteiger partial charge in [-0.05, 0) is 24.8 Å². The van der Waals surface area contributed by atoms with Crippen LogP contribution in [-0.2, 0) is 4.79 Å². The van der Waals surface area contributed by atoms with E-state index in [1.54, 1.807) is 4.90 Å². The molecule has 1 fully saturated rings. The molecule has 0 aliphatic carbocycles. The van der Waals surface area contributed by atoms with E-state index in [9.17, 15) is 4.79 Å². The fourth-order valence-electron chi connectivity index (χ4n) is 1.46. The fraction of sp³-hybridized carbons (Fsp3) is 0.857. The third-order valence-corrected chi connectivity index (χ3v) is 2.06. The highest BCUT2D eigenvalue weighted by molar-refractivity contribution is 5.73. The molecule has 0 aromatic rings. The highest BCUT2D eigenvalue weighted by Crippen LogP contribution is 2.17. The van der Waals surface area contributed by atoms with Crippen molar-refractivity contribution < 1.29 is 4.79 Å². The Balaban J connectivity index is 2.66. The van der Waals surface area contributed by atoms with Crippen molar-refractivity contribution in [3.8, 4) is 0 Å². The molecule has 0 saturated carbocycles. The molecule has 0 spiro atoms. The minimum atomic E-state index is -0.249. The van der Waals surface area contributed by atoms with Crippen molar-refractivity contribution in [1.29, 1.82) is 0 Å². The van der Waals surface area contributed by atoms with Gasteiger partial charge in [0.25, 0.3) is 0 Å². The van der Waals surface area contributed by atoms with E-state index in [2.05, 4.69) is 10.0 Å². The summed E-state index contributed by atoms with van der Waals surface area (Å²) in [7, 11) is 0.